The lowest BCUT2D eigenvalue weighted by atomic mass is 10.1. The summed E-state index contributed by atoms with van der Waals surface area (Å²) in [6.45, 7) is 2.52. The maximum Gasteiger partial charge on any atom is 0.240 e. The fourth-order valence-electron chi connectivity index (χ4n) is 2.03. The monoisotopic (exact) mass is 367 g/mol. The molecule has 1 aliphatic heterocycles. The summed E-state index contributed by atoms with van der Waals surface area (Å²) < 4.78 is 33.1. The van der Waals surface area contributed by atoms with Crippen LogP contribution in [0, 0.1) is 0 Å². The van der Waals surface area contributed by atoms with Crippen LogP contribution in [0.4, 0.5) is 0 Å². The van der Waals surface area contributed by atoms with Gasteiger partial charge in [0.15, 0.2) is 0 Å². The van der Waals surface area contributed by atoms with E-state index < -0.39 is 10.0 Å². The second-order valence-corrected chi connectivity index (χ2v) is 7.51. The van der Waals surface area contributed by atoms with E-state index in [9.17, 15) is 8.42 Å². The number of rotatable bonds is 4. The van der Waals surface area contributed by atoms with Gasteiger partial charge < -0.3 is 4.74 Å². The van der Waals surface area contributed by atoms with Gasteiger partial charge in [-0.15, -0.1) is 0 Å². The van der Waals surface area contributed by atoms with E-state index in [4.69, 9.17) is 16.3 Å². The maximum absolute atomic E-state index is 12.2. The van der Waals surface area contributed by atoms with Crippen molar-refractivity contribution in [1.82, 2.24) is 4.72 Å². The topological polar surface area (TPSA) is 55.4 Å². The predicted octanol–water partition coefficient (Wildman–Crippen LogP) is 2.95. The molecule has 2 atom stereocenters. The summed E-state index contributed by atoms with van der Waals surface area (Å²) in [5, 5.41) is 0.478. The maximum atomic E-state index is 12.2. The number of hydrogen-bond acceptors (Lipinski definition) is 3. The third-order valence-electron chi connectivity index (χ3n) is 3.06. The number of sulfonamides is 1. The van der Waals surface area contributed by atoms with Gasteiger partial charge in [0.2, 0.25) is 10.0 Å². The van der Waals surface area contributed by atoms with Crippen molar-refractivity contribution in [3.05, 3.63) is 27.7 Å². The molecular weight excluding hydrogens is 354 g/mol. The van der Waals surface area contributed by atoms with Gasteiger partial charge in [-0.1, -0.05) is 11.6 Å². The van der Waals surface area contributed by atoms with Gasteiger partial charge in [-0.3, -0.25) is 0 Å². The first-order chi connectivity index (χ1) is 8.90. The van der Waals surface area contributed by atoms with Crippen LogP contribution in [0.3, 0.4) is 0 Å². The standard InChI is InChI=1S/C12H15BrClNO3S/c1-8(12-3-2-6-18-12)15-19(16,17)9-4-5-11(14)10(13)7-9/h4-5,7-8,12,15H,2-3,6H2,1H3. The second kappa shape index (κ2) is 6.10. The molecule has 1 N–H and O–H groups in total. The molecule has 0 aromatic heterocycles. The number of hydrogen-bond donors (Lipinski definition) is 1. The molecule has 2 unspecified atom stereocenters. The van der Waals surface area contributed by atoms with Crippen molar-refractivity contribution in [3.8, 4) is 0 Å². The van der Waals surface area contributed by atoms with E-state index in [1.165, 1.54) is 12.1 Å². The second-order valence-electron chi connectivity index (χ2n) is 4.54. The van der Waals surface area contributed by atoms with E-state index in [1.54, 1.807) is 6.07 Å². The Morgan fingerprint density at radius 2 is 2.26 bits per heavy atom. The van der Waals surface area contributed by atoms with Crippen molar-refractivity contribution in [3.63, 3.8) is 0 Å². The SMILES string of the molecule is CC(NS(=O)(=O)c1ccc(Cl)c(Br)c1)C1CCCO1. The van der Waals surface area contributed by atoms with Crippen molar-refractivity contribution in [2.75, 3.05) is 6.61 Å². The largest absolute Gasteiger partial charge is 0.377 e. The van der Waals surface area contributed by atoms with Gasteiger partial charge in [0, 0.05) is 17.1 Å². The van der Waals surface area contributed by atoms with Crippen LogP contribution in [-0.4, -0.2) is 27.2 Å². The zero-order valence-corrected chi connectivity index (χ0v) is 13.6. The molecular formula is C12H15BrClNO3S. The highest BCUT2D eigenvalue weighted by Crippen LogP contribution is 2.25. The zero-order chi connectivity index (χ0) is 14.0. The quantitative estimate of drug-likeness (QED) is 0.889. The van der Waals surface area contributed by atoms with Crippen molar-refractivity contribution in [1.29, 1.82) is 0 Å². The Morgan fingerprint density at radius 1 is 1.53 bits per heavy atom. The van der Waals surface area contributed by atoms with Crippen LogP contribution in [0.25, 0.3) is 0 Å². The molecule has 1 aliphatic rings. The number of nitrogens with one attached hydrogen (secondary N) is 1. The van der Waals surface area contributed by atoms with Crippen molar-refractivity contribution >= 4 is 37.6 Å². The highest BCUT2D eigenvalue weighted by atomic mass is 79.9. The van der Waals surface area contributed by atoms with Gasteiger partial charge >= 0.3 is 0 Å². The third-order valence-corrected chi connectivity index (χ3v) is 5.84. The van der Waals surface area contributed by atoms with Crippen LogP contribution in [0.5, 0.6) is 0 Å². The summed E-state index contributed by atoms with van der Waals surface area (Å²) in [4.78, 5) is 0.189. The highest BCUT2D eigenvalue weighted by Gasteiger charge is 2.27. The zero-order valence-electron chi connectivity index (χ0n) is 10.4. The molecule has 2 rings (SSSR count). The molecule has 106 valence electrons. The third kappa shape index (κ3) is 3.70. The predicted molar refractivity (Wildman–Crippen MR) is 77.9 cm³/mol. The number of benzene rings is 1. The molecule has 1 fully saturated rings. The lowest BCUT2D eigenvalue weighted by molar-refractivity contribution is 0.0902. The van der Waals surface area contributed by atoms with Crippen molar-refractivity contribution in [2.45, 2.75) is 36.8 Å². The lowest BCUT2D eigenvalue weighted by Gasteiger charge is -2.20. The average molecular weight is 369 g/mol. The summed E-state index contributed by atoms with van der Waals surface area (Å²) in [5.74, 6) is 0. The van der Waals surface area contributed by atoms with Crippen LogP contribution in [0.2, 0.25) is 5.02 Å². The fraction of sp³-hybridized carbons (Fsp3) is 0.500. The molecule has 19 heavy (non-hydrogen) atoms. The van der Waals surface area contributed by atoms with Gasteiger partial charge in [0.1, 0.15) is 0 Å². The summed E-state index contributed by atoms with van der Waals surface area (Å²) in [6, 6.07) is 4.28. The Kier molecular flexibility index (Phi) is 4.89. The van der Waals surface area contributed by atoms with Crippen LogP contribution < -0.4 is 4.72 Å². The molecule has 0 aliphatic carbocycles. The molecule has 7 heteroatoms. The molecule has 4 nitrogen and oxygen atoms in total. The molecule has 0 spiro atoms. The van der Waals surface area contributed by atoms with Gasteiger partial charge in [-0.2, -0.15) is 0 Å². The van der Waals surface area contributed by atoms with Crippen LogP contribution >= 0.6 is 27.5 Å². The molecule has 0 saturated carbocycles. The van der Waals surface area contributed by atoms with Gasteiger partial charge in [-0.05, 0) is 53.9 Å². The minimum atomic E-state index is -3.55. The first-order valence-electron chi connectivity index (χ1n) is 5.99. The minimum absolute atomic E-state index is 0.0504. The Bertz CT molecular complexity index is 558. The van der Waals surface area contributed by atoms with Crippen molar-refractivity contribution < 1.29 is 13.2 Å². The molecule has 0 radical (unpaired) electrons. The molecule has 0 amide bonds. The van der Waals surface area contributed by atoms with Gasteiger partial charge in [-0.25, -0.2) is 13.1 Å². The molecule has 1 aromatic carbocycles. The van der Waals surface area contributed by atoms with Crippen LogP contribution in [0.1, 0.15) is 19.8 Å². The summed E-state index contributed by atoms with van der Waals surface area (Å²) in [7, 11) is -3.55. The number of halogens is 2. The molecule has 1 saturated heterocycles. The van der Waals surface area contributed by atoms with Crippen LogP contribution in [-0.2, 0) is 14.8 Å². The Balaban J connectivity index is 2.15. The first kappa shape index (κ1) is 15.3. The first-order valence-corrected chi connectivity index (χ1v) is 8.64. The average Bonchev–Trinajstić information content (AvgIpc) is 2.85. The molecule has 1 heterocycles. The van der Waals surface area contributed by atoms with E-state index in [-0.39, 0.29) is 17.0 Å². The summed E-state index contributed by atoms with van der Waals surface area (Å²) in [6.07, 6.45) is 1.81. The normalized spacial score (nSPS) is 21.5. The number of ether oxygens (including phenoxy) is 1. The van der Waals surface area contributed by atoms with Gasteiger partial charge in [0.05, 0.1) is 16.0 Å². The summed E-state index contributed by atoms with van der Waals surface area (Å²) >= 11 is 9.08. The fourth-order valence-corrected chi connectivity index (χ4v) is 3.97. The van der Waals surface area contributed by atoms with Crippen molar-refractivity contribution in [2.24, 2.45) is 0 Å². The molecule has 0 bridgehead atoms. The Morgan fingerprint density at radius 3 is 2.84 bits per heavy atom. The summed E-state index contributed by atoms with van der Waals surface area (Å²) in [5.41, 5.74) is 0. The van der Waals surface area contributed by atoms with E-state index >= 15 is 0 Å². The van der Waals surface area contributed by atoms with E-state index in [2.05, 4.69) is 20.7 Å². The highest BCUT2D eigenvalue weighted by molar-refractivity contribution is 9.10. The van der Waals surface area contributed by atoms with E-state index in [0.717, 1.165) is 12.8 Å². The molecule has 1 aromatic rings. The van der Waals surface area contributed by atoms with E-state index in [1.807, 2.05) is 6.92 Å². The Hall–Kier alpha value is -0.140. The Labute approximate surface area is 126 Å². The van der Waals surface area contributed by atoms with Gasteiger partial charge in [0.25, 0.3) is 0 Å². The smallest absolute Gasteiger partial charge is 0.240 e. The van der Waals surface area contributed by atoms with Crippen LogP contribution in [0.15, 0.2) is 27.6 Å². The lowest BCUT2D eigenvalue weighted by Crippen LogP contribution is -2.40. The van der Waals surface area contributed by atoms with E-state index in [0.29, 0.717) is 16.1 Å². The minimum Gasteiger partial charge on any atom is -0.377 e.